The van der Waals surface area contributed by atoms with Crippen LogP contribution in [0.4, 0.5) is 4.79 Å². The molecule has 3 aliphatic carbocycles. The molecule has 0 radical (unpaired) electrons. The second kappa shape index (κ2) is 11.5. The number of hydrogen-bond donors (Lipinski definition) is 1. The third kappa shape index (κ3) is 6.84. The van der Waals surface area contributed by atoms with Crippen LogP contribution in [-0.2, 0) is 33.3 Å². The van der Waals surface area contributed by atoms with Crippen molar-refractivity contribution in [3.05, 3.63) is 0 Å². The zero-order valence-electron chi connectivity index (χ0n) is 18.7. The van der Waals surface area contributed by atoms with Crippen molar-refractivity contribution in [2.45, 2.75) is 95.4 Å². The summed E-state index contributed by atoms with van der Waals surface area (Å²) in [6.07, 6.45) is 6.07. The average molecular weight is 455 g/mol. The molecule has 0 aromatic rings. The first-order valence-corrected chi connectivity index (χ1v) is 11.7. The van der Waals surface area contributed by atoms with E-state index in [0.29, 0.717) is 77.0 Å². The molecule has 1 N–H and O–H groups in total. The second-order valence-corrected chi connectivity index (χ2v) is 9.20. The largest absolute Gasteiger partial charge is 0.508 e. The highest BCUT2D eigenvalue weighted by molar-refractivity contribution is 5.74. The van der Waals surface area contributed by atoms with Gasteiger partial charge in [-0.05, 0) is 77.0 Å². The van der Waals surface area contributed by atoms with Crippen LogP contribution in [0, 0.1) is 17.8 Å². The number of carbonyl (C=O) groups excluding carboxylic acids is 3. The number of methoxy groups -OCH3 is 1. The van der Waals surface area contributed by atoms with Crippen LogP contribution >= 0.6 is 0 Å². The minimum atomic E-state index is -0.785. The molecule has 32 heavy (non-hydrogen) atoms. The fourth-order valence-corrected chi connectivity index (χ4v) is 4.97. The fourth-order valence-electron chi connectivity index (χ4n) is 4.97. The highest BCUT2D eigenvalue weighted by atomic mass is 16.7. The Morgan fingerprint density at radius 3 is 1.31 bits per heavy atom. The van der Waals surface area contributed by atoms with Crippen molar-refractivity contribution in [1.82, 2.24) is 0 Å². The molecule has 0 aromatic heterocycles. The number of aliphatic carboxylic acids is 1. The van der Waals surface area contributed by atoms with E-state index in [9.17, 15) is 19.2 Å². The summed E-state index contributed by atoms with van der Waals surface area (Å²) in [5.41, 5.74) is 0. The molecule has 0 spiro atoms. The first-order chi connectivity index (χ1) is 15.4. The molecule has 180 valence electrons. The van der Waals surface area contributed by atoms with Gasteiger partial charge in [-0.2, -0.15) is 0 Å². The summed E-state index contributed by atoms with van der Waals surface area (Å²) in [5, 5.41) is 9.07. The van der Waals surface area contributed by atoms with Crippen molar-refractivity contribution in [3.8, 4) is 0 Å². The average Bonchev–Trinajstić information content (AvgIpc) is 2.80. The number of hydrogen-bond acceptors (Lipinski definition) is 8. The lowest BCUT2D eigenvalue weighted by atomic mass is 9.82. The zero-order chi connectivity index (χ0) is 23.1. The van der Waals surface area contributed by atoms with Gasteiger partial charge in [0.15, 0.2) is 0 Å². The Hall–Kier alpha value is -2.32. The molecule has 3 aliphatic rings. The Kier molecular flexibility index (Phi) is 8.75. The van der Waals surface area contributed by atoms with Gasteiger partial charge in [-0.15, -0.1) is 0 Å². The Morgan fingerprint density at radius 2 is 0.906 bits per heavy atom. The summed E-state index contributed by atoms with van der Waals surface area (Å²) in [6, 6.07) is 0. The third-order valence-electron chi connectivity index (χ3n) is 7.03. The molecule has 3 rings (SSSR count). The lowest BCUT2D eigenvalue weighted by Crippen LogP contribution is -2.35. The monoisotopic (exact) mass is 454 g/mol. The van der Waals surface area contributed by atoms with Crippen molar-refractivity contribution >= 4 is 24.1 Å². The molecule has 0 saturated heterocycles. The van der Waals surface area contributed by atoms with Gasteiger partial charge in [-0.3, -0.25) is 14.4 Å². The van der Waals surface area contributed by atoms with Crippen LogP contribution in [0.15, 0.2) is 0 Å². The molecule has 3 fully saturated rings. The first-order valence-electron chi connectivity index (χ1n) is 11.7. The highest BCUT2D eigenvalue weighted by Crippen LogP contribution is 2.33. The summed E-state index contributed by atoms with van der Waals surface area (Å²) >= 11 is 0. The molecule has 3 saturated carbocycles. The molecule has 9 heteroatoms. The first kappa shape index (κ1) is 24.3. The molecule has 0 amide bonds. The normalized spacial score (nSPS) is 32.9. The lowest BCUT2D eigenvalue weighted by molar-refractivity contribution is -0.165. The van der Waals surface area contributed by atoms with Crippen LogP contribution in [0.25, 0.3) is 0 Å². The van der Waals surface area contributed by atoms with E-state index in [4.69, 9.17) is 19.3 Å². The van der Waals surface area contributed by atoms with Gasteiger partial charge < -0.3 is 24.1 Å². The molecule has 9 nitrogen and oxygen atoms in total. The number of rotatable bonds is 6. The molecular formula is C23H34O9. The number of ether oxygens (including phenoxy) is 4. The van der Waals surface area contributed by atoms with Crippen molar-refractivity contribution in [2.75, 3.05) is 7.11 Å². The van der Waals surface area contributed by atoms with Crippen molar-refractivity contribution in [1.29, 1.82) is 0 Å². The van der Waals surface area contributed by atoms with Gasteiger partial charge >= 0.3 is 24.1 Å². The molecule has 0 bridgehead atoms. The van der Waals surface area contributed by atoms with Crippen LogP contribution < -0.4 is 0 Å². The van der Waals surface area contributed by atoms with Gasteiger partial charge in [0.2, 0.25) is 0 Å². The van der Waals surface area contributed by atoms with Crippen molar-refractivity contribution < 1.29 is 43.2 Å². The molecule has 0 aliphatic heterocycles. The van der Waals surface area contributed by atoms with E-state index in [0.717, 1.165) is 0 Å². The van der Waals surface area contributed by atoms with E-state index in [1.54, 1.807) is 0 Å². The number of esters is 2. The van der Waals surface area contributed by atoms with E-state index in [1.165, 1.54) is 7.11 Å². The molecule has 0 unspecified atom stereocenters. The predicted molar refractivity (Wildman–Crippen MR) is 111 cm³/mol. The number of carbonyl (C=O) groups is 4. The molecular weight excluding hydrogens is 420 g/mol. The second-order valence-electron chi connectivity index (χ2n) is 9.20. The Balaban J connectivity index is 1.32. The Morgan fingerprint density at radius 1 is 0.562 bits per heavy atom. The summed E-state index contributed by atoms with van der Waals surface area (Å²) in [5.74, 6) is -1.94. The van der Waals surface area contributed by atoms with Crippen LogP contribution in [-0.4, -0.2) is 54.6 Å². The van der Waals surface area contributed by atoms with E-state index in [-0.39, 0.29) is 48.0 Å². The van der Waals surface area contributed by atoms with Gasteiger partial charge in [0.05, 0.1) is 24.9 Å². The van der Waals surface area contributed by atoms with Crippen molar-refractivity contribution in [3.63, 3.8) is 0 Å². The van der Waals surface area contributed by atoms with Gasteiger partial charge in [0, 0.05) is 0 Å². The van der Waals surface area contributed by atoms with Gasteiger partial charge in [0.25, 0.3) is 0 Å². The van der Waals surface area contributed by atoms with Crippen LogP contribution in [0.5, 0.6) is 0 Å². The van der Waals surface area contributed by atoms with E-state index in [1.807, 2.05) is 0 Å². The minimum absolute atomic E-state index is 0.160. The SMILES string of the molecule is COC(=O)OC1CCC(C(=O)OC2CCC(OC(=O)C3CCC(C(=O)O)CC3)CC2)CC1. The van der Waals surface area contributed by atoms with Crippen molar-refractivity contribution in [2.24, 2.45) is 17.8 Å². The summed E-state index contributed by atoms with van der Waals surface area (Å²) in [4.78, 5) is 47.2. The van der Waals surface area contributed by atoms with E-state index < -0.39 is 12.1 Å². The number of carboxylic acid groups (broad SMARTS) is 1. The standard InChI is InChI=1S/C23H34O9/c1-29-23(28)32-19-8-6-16(7-9-19)22(27)31-18-12-10-17(11-13-18)30-21(26)15-4-2-14(3-5-15)20(24)25/h14-19H,2-13H2,1H3,(H,24,25). The zero-order valence-corrected chi connectivity index (χ0v) is 18.7. The summed E-state index contributed by atoms with van der Waals surface area (Å²) in [6.45, 7) is 0. The van der Waals surface area contributed by atoms with Crippen LogP contribution in [0.1, 0.15) is 77.0 Å². The minimum Gasteiger partial charge on any atom is -0.481 e. The van der Waals surface area contributed by atoms with E-state index in [2.05, 4.69) is 4.74 Å². The Labute approximate surface area is 188 Å². The van der Waals surface area contributed by atoms with Crippen LogP contribution in [0.2, 0.25) is 0 Å². The third-order valence-corrected chi connectivity index (χ3v) is 7.03. The van der Waals surface area contributed by atoms with Gasteiger partial charge in [-0.1, -0.05) is 0 Å². The van der Waals surface area contributed by atoms with Gasteiger partial charge in [-0.25, -0.2) is 4.79 Å². The topological polar surface area (TPSA) is 125 Å². The summed E-state index contributed by atoms with van der Waals surface area (Å²) < 4.78 is 21.0. The molecule has 0 atom stereocenters. The van der Waals surface area contributed by atoms with Crippen LogP contribution in [0.3, 0.4) is 0 Å². The lowest BCUT2D eigenvalue weighted by Gasteiger charge is -2.32. The van der Waals surface area contributed by atoms with E-state index >= 15 is 0 Å². The number of carboxylic acids is 1. The van der Waals surface area contributed by atoms with Gasteiger partial charge in [0.1, 0.15) is 18.3 Å². The smallest absolute Gasteiger partial charge is 0.481 e. The maximum Gasteiger partial charge on any atom is 0.508 e. The molecule has 0 heterocycles. The maximum atomic E-state index is 12.5. The molecule has 0 aromatic carbocycles. The quantitative estimate of drug-likeness (QED) is 0.473. The highest BCUT2D eigenvalue weighted by Gasteiger charge is 2.35. The predicted octanol–water partition coefficient (Wildman–Crippen LogP) is 3.62. The Bertz CT molecular complexity index is 667. The summed E-state index contributed by atoms with van der Waals surface area (Å²) in [7, 11) is 1.27. The maximum absolute atomic E-state index is 12.5. The fraction of sp³-hybridized carbons (Fsp3) is 0.826.